The van der Waals surface area contributed by atoms with E-state index in [2.05, 4.69) is 0 Å². The van der Waals surface area contributed by atoms with E-state index in [0.29, 0.717) is 0 Å². The van der Waals surface area contributed by atoms with Crippen LogP contribution in [0, 0.1) is 0 Å². The molecule has 48 valence electrons. The van der Waals surface area contributed by atoms with Crippen LogP contribution in [0.3, 0.4) is 0 Å². The Kier molecular flexibility index (Phi) is 23.1. The van der Waals surface area contributed by atoms with Crippen molar-refractivity contribution in [2.24, 2.45) is 0 Å². The van der Waals surface area contributed by atoms with Crippen molar-refractivity contribution in [3.05, 3.63) is 0 Å². The Bertz CT molecular complexity index is 24.0. The Morgan fingerprint density at radius 1 is 0.750 bits per heavy atom. The number of hydrogen-bond acceptors (Lipinski definition) is 6. The van der Waals surface area contributed by atoms with E-state index in [1.807, 2.05) is 0 Å². The summed E-state index contributed by atoms with van der Waals surface area (Å²) in [7, 11) is 0. The minimum atomic E-state index is -3.50. The van der Waals surface area contributed by atoms with E-state index in [4.69, 9.17) is 20.4 Å². The normalized spacial score (nSPS) is 7.50. The second-order valence-electron chi connectivity index (χ2n) is 0.600. The molecule has 0 spiro atoms. The molecule has 0 aromatic rings. The van der Waals surface area contributed by atoms with Crippen molar-refractivity contribution in [3.8, 4) is 0 Å². The van der Waals surface area contributed by atoms with Crippen LogP contribution in [0.5, 0.6) is 0 Å². The van der Waals surface area contributed by atoms with E-state index in [-0.39, 0.29) is 48.7 Å². The molecule has 0 fully saturated rings. The summed E-state index contributed by atoms with van der Waals surface area (Å²) < 4.78 is 0. The molecule has 0 unspecified atom stereocenters. The number of hydrogen-bond donors (Lipinski definition) is 4. The first-order valence-electron chi connectivity index (χ1n) is 0.894. The third-order valence-corrected chi connectivity index (χ3v) is 0. The van der Waals surface area contributed by atoms with Crippen LogP contribution in [-0.2, 0) is 0 Å². The molecule has 0 rings (SSSR count). The Labute approximate surface area is 75.0 Å². The zero-order chi connectivity index (χ0) is 4.50. The van der Waals surface area contributed by atoms with Gasteiger partial charge in [-0.05, 0) is 0 Å². The third kappa shape index (κ3) is 245. The molecule has 0 radical (unpaired) electrons. The van der Waals surface area contributed by atoms with Crippen LogP contribution in [0.4, 0.5) is 0 Å². The maximum Gasteiger partial charge on any atom is 2.00 e. The van der Waals surface area contributed by atoms with Gasteiger partial charge in [0.15, 0.2) is 0 Å². The predicted octanol–water partition coefficient (Wildman–Crippen LogP) is -3.17. The zero-order valence-electron chi connectivity index (χ0n) is 3.89. The fourth-order valence-corrected chi connectivity index (χ4v) is 0. The summed E-state index contributed by atoms with van der Waals surface area (Å²) in [6.45, 7) is 0. The summed E-state index contributed by atoms with van der Waals surface area (Å²) in [4.78, 5) is 0. The second-order valence-corrected chi connectivity index (χ2v) is 0.600. The Hall–Kier alpha value is 1.02. The van der Waals surface area contributed by atoms with Crippen LogP contribution in [-0.4, -0.2) is 75.3 Å². The Morgan fingerprint density at radius 3 is 0.750 bits per heavy atom. The fourth-order valence-electron chi connectivity index (χ4n) is 0. The molecule has 0 atom stereocenters. The van der Waals surface area contributed by atoms with Gasteiger partial charge in [-0.15, -0.1) is 0 Å². The van der Waals surface area contributed by atoms with Gasteiger partial charge in [0.2, 0.25) is 0 Å². The van der Waals surface area contributed by atoms with Crippen molar-refractivity contribution in [2.75, 3.05) is 0 Å². The molecular weight excluding hydrogens is 148 g/mol. The average Bonchev–Trinajstić information content (AvgIpc) is 0.722. The van der Waals surface area contributed by atoms with Gasteiger partial charge in [0.1, 0.15) is 0 Å². The van der Waals surface area contributed by atoms with E-state index in [9.17, 15) is 0 Å². The molecule has 0 amide bonds. The van der Waals surface area contributed by atoms with Gasteiger partial charge >= 0.3 is 43.9 Å². The standard InChI is InChI=1S/CH4O4.Ca.2H2O/c2-1(3,4)5;;;/h2-5H;;2*1H2/q;+2;;/p-2. The number of aliphatic hydroxyl groups is 4. The average molecular weight is 154 g/mol. The summed E-state index contributed by atoms with van der Waals surface area (Å²) in [5.41, 5.74) is 0. The van der Waals surface area contributed by atoms with Crippen LogP contribution in [0.2, 0.25) is 0 Å². The van der Waals surface area contributed by atoms with Crippen molar-refractivity contribution in [3.63, 3.8) is 0 Å². The quantitative estimate of drug-likeness (QED) is 0.214. The van der Waals surface area contributed by atoms with E-state index in [0.717, 1.165) is 0 Å². The summed E-state index contributed by atoms with van der Waals surface area (Å²) >= 11 is 0. The summed E-state index contributed by atoms with van der Waals surface area (Å²) in [5.74, 6) is 0. The van der Waals surface area contributed by atoms with Gasteiger partial charge in [0, 0.05) is 0 Å². The minimum absolute atomic E-state index is 0. The molecule has 6 nitrogen and oxygen atoms in total. The van der Waals surface area contributed by atoms with Crippen molar-refractivity contribution in [2.45, 2.75) is 6.16 Å². The fraction of sp³-hybridized carbons (Fsp3) is 1.00. The molecule has 0 aliphatic heterocycles. The molecule has 7 heteroatoms. The van der Waals surface area contributed by atoms with Crippen LogP contribution < -0.4 is 0 Å². The van der Waals surface area contributed by atoms with Crippen LogP contribution >= 0.6 is 0 Å². The summed E-state index contributed by atoms with van der Waals surface area (Å²) in [5, 5.41) is 28.8. The van der Waals surface area contributed by atoms with Gasteiger partial charge in [-0.1, -0.05) is 0 Å². The van der Waals surface area contributed by atoms with Crippen molar-refractivity contribution < 1.29 is 31.4 Å². The maximum absolute atomic E-state index is 7.19. The molecule has 0 aromatic heterocycles. The minimum Gasteiger partial charge on any atom is -0.870 e. The van der Waals surface area contributed by atoms with Crippen LogP contribution in [0.25, 0.3) is 0 Å². The molecule has 0 heterocycles. The molecule has 0 bridgehead atoms. The Balaban J connectivity index is -0.0000000267. The van der Waals surface area contributed by atoms with E-state index >= 15 is 0 Å². The smallest absolute Gasteiger partial charge is 0.870 e. The molecule has 8 heavy (non-hydrogen) atoms. The predicted molar refractivity (Wildman–Crippen MR) is 21.2 cm³/mol. The van der Waals surface area contributed by atoms with Crippen LogP contribution in [0.15, 0.2) is 0 Å². The van der Waals surface area contributed by atoms with E-state index in [1.54, 1.807) is 0 Å². The van der Waals surface area contributed by atoms with Gasteiger partial charge in [0.25, 0.3) is 0 Å². The first kappa shape index (κ1) is 23.0. The first-order valence-corrected chi connectivity index (χ1v) is 0.894. The molecule has 0 saturated heterocycles. The van der Waals surface area contributed by atoms with Crippen LogP contribution in [0.1, 0.15) is 0 Å². The Morgan fingerprint density at radius 2 is 0.750 bits per heavy atom. The van der Waals surface area contributed by atoms with E-state index in [1.165, 1.54) is 0 Å². The van der Waals surface area contributed by atoms with Gasteiger partial charge in [-0.3, -0.25) is 0 Å². The third-order valence-electron chi connectivity index (χ3n) is 0. The maximum atomic E-state index is 7.19. The molecule has 0 aliphatic rings. The summed E-state index contributed by atoms with van der Waals surface area (Å²) in [6.07, 6.45) is -3.50. The topological polar surface area (TPSA) is 141 Å². The first-order chi connectivity index (χ1) is 2.00. The molecule has 0 aromatic carbocycles. The molecular formula is CH6CaO6. The van der Waals surface area contributed by atoms with Gasteiger partial charge in [0.05, 0.1) is 0 Å². The van der Waals surface area contributed by atoms with Gasteiger partial charge in [-0.25, -0.2) is 0 Å². The van der Waals surface area contributed by atoms with E-state index < -0.39 is 6.16 Å². The van der Waals surface area contributed by atoms with Gasteiger partial charge in [-0.2, -0.15) is 0 Å². The zero-order valence-corrected chi connectivity index (χ0v) is 6.10. The SMILES string of the molecule is OC(O)(O)O.[Ca+2].[OH-].[OH-]. The molecule has 0 saturated carbocycles. The van der Waals surface area contributed by atoms with Gasteiger partial charge < -0.3 is 31.4 Å². The number of rotatable bonds is 0. The van der Waals surface area contributed by atoms with Crippen molar-refractivity contribution in [1.29, 1.82) is 0 Å². The monoisotopic (exact) mass is 154 g/mol. The van der Waals surface area contributed by atoms with Crippen molar-refractivity contribution >= 4 is 37.7 Å². The second kappa shape index (κ2) is 8.02. The molecule has 6 N–H and O–H groups in total. The van der Waals surface area contributed by atoms with Crippen molar-refractivity contribution in [1.82, 2.24) is 0 Å². The molecule has 0 aliphatic carbocycles. The summed E-state index contributed by atoms with van der Waals surface area (Å²) in [6, 6.07) is 0. The largest absolute Gasteiger partial charge is 2.00 e.